The number of nitrogens with zero attached hydrogens (tertiary/aromatic N) is 5. The highest BCUT2D eigenvalue weighted by Crippen LogP contribution is 2.30. The van der Waals surface area contributed by atoms with Crippen LogP contribution in [0.25, 0.3) is 11.5 Å². The van der Waals surface area contributed by atoms with E-state index < -0.39 is 0 Å². The normalized spacial score (nSPS) is 15.4. The highest BCUT2D eigenvalue weighted by atomic mass is 19.1. The summed E-state index contributed by atoms with van der Waals surface area (Å²) in [6, 6.07) is 6.19. The van der Waals surface area contributed by atoms with Crippen molar-refractivity contribution in [2.45, 2.75) is 38.6 Å². The number of hydrogen-bond donors (Lipinski definition) is 0. The Hall–Kier alpha value is -3.03. The summed E-state index contributed by atoms with van der Waals surface area (Å²) in [7, 11) is 0. The number of carbonyl (C=O) groups is 1. The van der Waals surface area contributed by atoms with E-state index in [1.54, 1.807) is 29.2 Å². The molecule has 28 heavy (non-hydrogen) atoms. The molecule has 146 valence electrons. The molecule has 3 aromatic rings. The Labute approximate surface area is 162 Å². The molecule has 4 rings (SSSR count). The summed E-state index contributed by atoms with van der Waals surface area (Å²) in [6.45, 7) is 5.31. The van der Waals surface area contributed by atoms with Crippen molar-refractivity contribution in [2.24, 2.45) is 0 Å². The number of hydrogen-bond acceptors (Lipinski definition) is 5. The second kappa shape index (κ2) is 7.53. The van der Waals surface area contributed by atoms with E-state index in [4.69, 9.17) is 4.42 Å². The van der Waals surface area contributed by atoms with Crippen LogP contribution in [0, 0.1) is 5.82 Å². The van der Waals surface area contributed by atoms with Gasteiger partial charge in [-0.2, -0.15) is 5.10 Å². The summed E-state index contributed by atoms with van der Waals surface area (Å²) < 4.78 is 20.6. The minimum absolute atomic E-state index is 0.00267. The van der Waals surface area contributed by atoms with Crippen molar-refractivity contribution in [3.63, 3.8) is 0 Å². The van der Waals surface area contributed by atoms with Crippen LogP contribution in [0.3, 0.4) is 0 Å². The van der Waals surface area contributed by atoms with Crippen molar-refractivity contribution in [2.75, 3.05) is 13.1 Å². The second-order valence-electron chi connectivity index (χ2n) is 7.32. The average Bonchev–Trinajstić information content (AvgIpc) is 3.38. The molecule has 0 bridgehead atoms. The standard InChI is InChI=1S/C20H22FN5O2/c1-13(2)26-12-16(11-22-26)20(27)25-9-7-15(8-10-25)19-24-23-18(28-19)14-3-5-17(21)6-4-14/h3-6,11-13,15H,7-10H2,1-2H3. The predicted molar refractivity (Wildman–Crippen MR) is 100 cm³/mol. The Balaban J connectivity index is 1.39. The van der Waals surface area contributed by atoms with Gasteiger partial charge in [-0.05, 0) is 51.0 Å². The SMILES string of the molecule is CC(C)n1cc(C(=O)N2CCC(c3nnc(-c4ccc(F)cc4)o3)CC2)cn1. The zero-order chi connectivity index (χ0) is 19.7. The van der Waals surface area contributed by atoms with Gasteiger partial charge >= 0.3 is 0 Å². The highest BCUT2D eigenvalue weighted by molar-refractivity contribution is 5.93. The van der Waals surface area contributed by atoms with E-state index >= 15 is 0 Å². The quantitative estimate of drug-likeness (QED) is 0.687. The fourth-order valence-corrected chi connectivity index (χ4v) is 3.35. The minimum atomic E-state index is -0.306. The number of likely N-dealkylation sites (tertiary alicyclic amines) is 1. The van der Waals surface area contributed by atoms with Crippen LogP contribution in [-0.4, -0.2) is 43.9 Å². The second-order valence-corrected chi connectivity index (χ2v) is 7.32. The minimum Gasteiger partial charge on any atom is -0.420 e. The lowest BCUT2D eigenvalue weighted by Crippen LogP contribution is -2.37. The molecule has 7 nitrogen and oxygen atoms in total. The molecule has 0 unspecified atom stereocenters. The van der Waals surface area contributed by atoms with E-state index in [0.29, 0.717) is 36.0 Å². The maximum atomic E-state index is 13.1. The number of benzene rings is 1. The van der Waals surface area contributed by atoms with Gasteiger partial charge in [0.1, 0.15) is 5.82 Å². The lowest BCUT2D eigenvalue weighted by Gasteiger charge is -2.30. The van der Waals surface area contributed by atoms with Crippen LogP contribution in [0.4, 0.5) is 4.39 Å². The maximum absolute atomic E-state index is 13.1. The van der Waals surface area contributed by atoms with Gasteiger partial charge in [0, 0.05) is 36.8 Å². The van der Waals surface area contributed by atoms with E-state index in [1.165, 1.54) is 12.1 Å². The summed E-state index contributed by atoms with van der Waals surface area (Å²) in [5.41, 5.74) is 1.30. The number of aromatic nitrogens is 4. The molecule has 0 aliphatic carbocycles. The summed E-state index contributed by atoms with van der Waals surface area (Å²) in [4.78, 5) is 14.5. The zero-order valence-corrected chi connectivity index (χ0v) is 15.9. The van der Waals surface area contributed by atoms with Crippen molar-refractivity contribution in [3.8, 4) is 11.5 Å². The van der Waals surface area contributed by atoms with Crippen LogP contribution in [-0.2, 0) is 0 Å². The first-order valence-corrected chi connectivity index (χ1v) is 9.44. The van der Waals surface area contributed by atoms with E-state index in [1.807, 2.05) is 18.7 Å². The molecule has 2 aromatic heterocycles. The predicted octanol–water partition coefficient (Wildman–Crippen LogP) is 3.67. The van der Waals surface area contributed by atoms with E-state index in [-0.39, 0.29) is 23.7 Å². The van der Waals surface area contributed by atoms with Gasteiger partial charge in [-0.25, -0.2) is 4.39 Å². The molecule has 1 amide bonds. The topological polar surface area (TPSA) is 77.0 Å². The molecule has 0 radical (unpaired) electrons. The van der Waals surface area contributed by atoms with Crippen LogP contribution in [0.1, 0.15) is 54.9 Å². The fourth-order valence-electron chi connectivity index (χ4n) is 3.35. The van der Waals surface area contributed by atoms with Gasteiger partial charge in [0.25, 0.3) is 5.91 Å². The smallest absolute Gasteiger partial charge is 0.257 e. The van der Waals surface area contributed by atoms with E-state index in [0.717, 1.165) is 12.8 Å². The van der Waals surface area contributed by atoms with Crippen molar-refractivity contribution in [1.82, 2.24) is 24.9 Å². The zero-order valence-electron chi connectivity index (χ0n) is 15.9. The average molecular weight is 383 g/mol. The van der Waals surface area contributed by atoms with Crippen LogP contribution in [0.2, 0.25) is 0 Å². The fraction of sp³-hybridized carbons (Fsp3) is 0.400. The molecule has 0 N–H and O–H groups in total. The van der Waals surface area contributed by atoms with Crippen LogP contribution >= 0.6 is 0 Å². The Morgan fingerprint density at radius 1 is 1.18 bits per heavy atom. The van der Waals surface area contributed by atoms with Gasteiger partial charge in [-0.3, -0.25) is 9.48 Å². The molecule has 0 saturated carbocycles. The Bertz CT molecular complexity index is 955. The van der Waals surface area contributed by atoms with E-state index in [2.05, 4.69) is 15.3 Å². The molecule has 1 aromatic carbocycles. The van der Waals surface area contributed by atoms with Gasteiger partial charge in [0.2, 0.25) is 11.8 Å². The van der Waals surface area contributed by atoms with Gasteiger partial charge in [-0.1, -0.05) is 0 Å². The Morgan fingerprint density at radius 3 is 2.54 bits per heavy atom. The summed E-state index contributed by atoms with van der Waals surface area (Å²) in [5.74, 6) is 0.764. The third kappa shape index (κ3) is 3.67. The van der Waals surface area contributed by atoms with Crippen molar-refractivity contribution in [1.29, 1.82) is 0 Å². The van der Waals surface area contributed by atoms with Crippen molar-refractivity contribution >= 4 is 5.91 Å². The van der Waals surface area contributed by atoms with Crippen molar-refractivity contribution in [3.05, 3.63) is 53.9 Å². The third-order valence-corrected chi connectivity index (χ3v) is 5.04. The van der Waals surface area contributed by atoms with Crippen molar-refractivity contribution < 1.29 is 13.6 Å². The number of piperidine rings is 1. The van der Waals surface area contributed by atoms with Gasteiger partial charge in [-0.15, -0.1) is 10.2 Å². The molecule has 1 aliphatic rings. The molecule has 0 spiro atoms. The molecule has 1 fully saturated rings. The number of carbonyl (C=O) groups excluding carboxylic acids is 1. The van der Waals surface area contributed by atoms with Crippen LogP contribution in [0.5, 0.6) is 0 Å². The monoisotopic (exact) mass is 383 g/mol. The largest absolute Gasteiger partial charge is 0.420 e. The molecule has 1 aliphatic heterocycles. The molecule has 3 heterocycles. The number of amides is 1. The first-order chi connectivity index (χ1) is 13.5. The van der Waals surface area contributed by atoms with Gasteiger partial charge < -0.3 is 9.32 Å². The third-order valence-electron chi connectivity index (χ3n) is 5.04. The summed E-state index contributed by atoms with van der Waals surface area (Å²) in [5, 5.41) is 12.5. The number of halogens is 1. The lowest BCUT2D eigenvalue weighted by molar-refractivity contribution is 0.0706. The first kappa shape index (κ1) is 18.3. The van der Waals surface area contributed by atoms with E-state index in [9.17, 15) is 9.18 Å². The maximum Gasteiger partial charge on any atom is 0.257 e. The summed E-state index contributed by atoms with van der Waals surface area (Å²) in [6.07, 6.45) is 4.94. The van der Waals surface area contributed by atoms with Gasteiger partial charge in [0.15, 0.2) is 0 Å². The molecule has 1 saturated heterocycles. The first-order valence-electron chi connectivity index (χ1n) is 9.44. The summed E-state index contributed by atoms with van der Waals surface area (Å²) >= 11 is 0. The molecular weight excluding hydrogens is 361 g/mol. The Morgan fingerprint density at radius 2 is 1.89 bits per heavy atom. The molecule has 0 atom stereocenters. The number of rotatable bonds is 4. The molecular formula is C20H22FN5O2. The lowest BCUT2D eigenvalue weighted by atomic mass is 9.96. The van der Waals surface area contributed by atoms with Crippen LogP contribution in [0.15, 0.2) is 41.1 Å². The van der Waals surface area contributed by atoms with Gasteiger partial charge in [0.05, 0.1) is 11.8 Å². The molecule has 8 heteroatoms. The highest BCUT2D eigenvalue weighted by Gasteiger charge is 2.28. The van der Waals surface area contributed by atoms with Crippen LogP contribution < -0.4 is 0 Å². The Kier molecular flexibility index (Phi) is 4.93.